The fraction of sp³-hybridized carbons (Fsp3) is 0.250. The number of furan rings is 1. The van der Waals surface area contributed by atoms with Gasteiger partial charge in [-0.05, 0) is 31.2 Å². The van der Waals surface area contributed by atoms with Crippen molar-refractivity contribution in [2.75, 3.05) is 11.5 Å². The van der Waals surface area contributed by atoms with Crippen molar-refractivity contribution in [3.05, 3.63) is 54.0 Å². The van der Waals surface area contributed by atoms with E-state index >= 15 is 0 Å². The number of aryl methyl sites for hydroxylation is 1. The summed E-state index contributed by atoms with van der Waals surface area (Å²) in [6.07, 6.45) is 1.92. The molecule has 1 aromatic heterocycles. The summed E-state index contributed by atoms with van der Waals surface area (Å²) >= 11 is 0. The van der Waals surface area contributed by atoms with Crippen molar-refractivity contribution < 1.29 is 18.7 Å². The van der Waals surface area contributed by atoms with Gasteiger partial charge in [0.1, 0.15) is 6.04 Å². The molecule has 2 heterocycles. The summed E-state index contributed by atoms with van der Waals surface area (Å²) in [6.45, 7) is 2.30. The zero-order chi connectivity index (χ0) is 14.8. The number of carbonyl (C=O) groups excluding carboxylic acids is 2. The Morgan fingerprint density at radius 2 is 2.00 bits per heavy atom. The predicted molar refractivity (Wildman–Crippen MR) is 76.1 cm³/mol. The number of cyclic esters (lactones) is 1. The summed E-state index contributed by atoms with van der Waals surface area (Å²) in [4.78, 5) is 26.0. The smallest absolute Gasteiger partial charge is 0.329 e. The van der Waals surface area contributed by atoms with Gasteiger partial charge in [0.05, 0.1) is 12.9 Å². The number of rotatable bonds is 3. The van der Waals surface area contributed by atoms with E-state index in [9.17, 15) is 9.59 Å². The molecule has 1 unspecified atom stereocenters. The molecule has 0 saturated carbocycles. The van der Waals surface area contributed by atoms with Crippen LogP contribution in [0.15, 0.2) is 47.1 Å². The molecule has 5 nitrogen and oxygen atoms in total. The fourth-order valence-electron chi connectivity index (χ4n) is 2.38. The van der Waals surface area contributed by atoms with Crippen LogP contribution in [0.4, 0.5) is 5.69 Å². The number of amides is 1. The second-order valence-corrected chi connectivity index (χ2v) is 4.96. The molecular weight excluding hydrogens is 270 g/mol. The maximum Gasteiger partial charge on any atom is 0.329 e. The number of ether oxygens (including phenoxy) is 1. The molecule has 21 heavy (non-hydrogen) atoms. The normalized spacial score (nSPS) is 17.6. The van der Waals surface area contributed by atoms with Gasteiger partial charge in [-0.25, -0.2) is 4.79 Å². The third kappa shape index (κ3) is 2.54. The van der Waals surface area contributed by atoms with Crippen LogP contribution in [-0.4, -0.2) is 24.5 Å². The van der Waals surface area contributed by atoms with Crippen molar-refractivity contribution in [3.63, 3.8) is 0 Å². The summed E-state index contributed by atoms with van der Waals surface area (Å²) in [7, 11) is 0. The third-order valence-corrected chi connectivity index (χ3v) is 3.48. The Kier molecular flexibility index (Phi) is 3.48. The lowest BCUT2D eigenvalue weighted by molar-refractivity contribution is -0.139. The minimum atomic E-state index is -0.606. The Morgan fingerprint density at radius 1 is 1.24 bits per heavy atom. The van der Waals surface area contributed by atoms with Crippen molar-refractivity contribution in [1.82, 2.24) is 0 Å². The molecule has 0 radical (unpaired) electrons. The lowest BCUT2D eigenvalue weighted by Gasteiger charge is -2.25. The van der Waals surface area contributed by atoms with Gasteiger partial charge < -0.3 is 9.15 Å². The first-order valence-electron chi connectivity index (χ1n) is 6.77. The Bertz CT molecular complexity index is 645. The van der Waals surface area contributed by atoms with E-state index in [1.54, 1.807) is 12.1 Å². The number of esters is 1. The molecule has 108 valence electrons. The molecule has 3 rings (SSSR count). The molecular formula is C16H15NO4. The highest BCUT2D eigenvalue weighted by Crippen LogP contribution is 2.25. The van der Waals surface area contributed by atoms with E-state index in [-0.39, 0.29) is 17.6 Å². The molecule has 0 bridgehead atoms. The molecule has 2 aromatic rings. The Morgan fingerprint density at radius 3 is 2.57 bits per heavy atom. The van der Waals surface area contributed by atoms with E-state index in [0.717, 1.165) is 5.56 Å². The summed E-state index contributed by atoms with van der Waals surface area (Å²) < 4.78 is 10.2. The maximum absolute atomic E-state index is 12.6. The number of carbonyl (C=O) groups is 2. The topological polar surface area (TPSA) is 59.8 Å². The van der Waals surface area contributed by atoms with Crippen molar-refractivity contribution in [2.45, 2.75) is 19.4 Å². The molecule has 1 aromatic carbocycles. The van der Waals surface area contributed by atoms with Crippen molar-refractivity contribution in [3.8, 4) is 0 Å². The Balaban J connectivity index is 2.00. The van der Waals surface area contributed by atoms with Crippen LogP contribution >= 0.6 is 0 Å². The second-order valence-electron chi connectivity index (χ2n) is 4.96. The first-order valence-corrected chi connectivity index (χ1v) is 6.77. The van der Waals surface area contributed by atoms with Gasteiger partial charge in [0.15, 0.2) is 5.76 Å². The van der Waals surface area contributed by atoms with Gasteiger partial charge in [-0.15, -0.1) is 0 Å². The van der Waals surface area contributed by atoms with E-state index < -0.39 is 6.04 Å². The van der Waals surface area contributed by atoms with Crippen LogP contribution in [0.25, 0.3) is 0 Å². The maximum atomic E-state index is 12.6. The van der Waals surface area contributed by atoms with Crippen LogP contribution in [0.3, 0.4) is 0 Å². The highest BCUT2D eigenvalue weighted by atomic mass is 16.5. The van der Waals surface area contributed by atoms with E-state index in [4.69, 9.17) is 9.15 Å². The van der Waals surface area contributed by atoms with Crippen LogP contribution in [0, 0.1) is 6.92 Å². The van der Waals surface area contributed by atoms with Gasteiger partial charge in [-0.3, -0.25) is 9.69 Å². The number of nitrogens with zero attached hydrogens (tertiary/aromatic N) is 1. The van der Waals surface area contributed by atoms with E-state index in [2.05, 4.69) is 0 Å². The number of hydrogen-bond donors (Lipinski definition) is 0. The molecule has 1 aliphatic rings. The first kappa shape index (κ1) is 13.4. The standard InChI is InChI=1S/C16H15NO4/c1-11-4-6-12(7-5-11)17(13-8-10-21-16(13)19)15(18)14-3-2-9-20-14/h2-7,9,13H,8,10H2,1H3. The van der Waals surface area contributed by atoms with Crippen molar-refractivity contribution in [2.24, 2.45) is 0 Å². The average Bonchev–Trinajstić information content (AvgIpc) is 3.13. The van der Waals surface area contributed by atoms with Gasteiger partial charge in [-0.2, -0.15) is 0 Å². The molecule has 5 heteroatoms. The minimum absolute atomic E-state index is 0.204. The summed E-state index contributed by atoms with van der Waals surface area (Å²) in [5, 5.41) is 0. The van der Waals surface area contributed by atoms with E-state index in [1.807, 2.05) is 31.2 Å². The number of benzene rings is 1. The largest absolute Gasteiger partial charge is 0.464 e. The van der Waals surface area contributed by atoms with Crippen molar-refractivity contribution in [1.29, 1.82) is 0 Å². The highest BCUT2D eigenvalue weighted by molar-refractivity contribution is 6.08. The lowest BCUT2D eigenvalue weighted by Crippen LogP contribution is -2.43. The fourth-order valence-corrected chi connectivity index (χ4v) is 2.38. The molecule has 0 aliphatic carbocycles. The molecule has 1 aliphatic heterocycles. The zero-order valence-corrected chi connectivity index (χ0v) is 11.6. The second kappa shape index (κ2) is 5.44. The van der Waals surface area contributed by atoms with E-state index in [0.29, 0.717) is 18.7 Å². The van der Waals surface area contributed by atoms with Gasteiger partial charge in [0.25, 0.3) is 5.91 Å². The molecule has 1 atom stereocenters. The zero-order valence-electron chi connectivity index (χ0n) is 11.6. The summed E-state index contributed by atoms with van der Waals surface area (Å²) in [5.74, 6) is -0.515. The Labute approximate surface area is 122 Å². The SMILES string of the molecule is Cc1ccc(N(C(=O)c2ccco2)C2CCOC2=O)cc1. The molecule has 1 amide bonds. The Hall–Kier alpha value is -2.56. The molecule has 0 N–H and O–H groups in total. The highest BCUT2D eigenvalue weighted by Gasteiger charge is 2.37. The predicted octanol–water partition coefficient (Wildman–Crippen LogP) is 2.55. The van der Waals surface area contributed by atoms with Crippen LogP contribution < -0.4 is 4.90 Å². The third-order valence-electron chi connectivity index (χ3n) is 3.48. The van der Waals surface area contributed by atoms with E-state index in [1.165, 1.54) is 11.2 Å². The van der Waals surface area contributed by atoms with Crippen LogP contribution in [-0.2, 0) is 9.53 Å². The van der Waals surface area contributed by atoms with Gasteiger partial charge in [0.2, 0.25) is 0 Å². The van der Waals surface area contributed by atoms with Gasteiger partial charge in [-0.1, -0.05) is 17.7 Å². The summed E-state index contributed by atoms with van der Waals surface area (Å²) in [5.41, 5.74) is 1.74. The lowest BCUT2D eigenvalue weighted by atomic mass is 10.1. The molecule has 1 saturated heterocycles. The molecule has 0 spiro atoms. The monoisotopic (exact) mass is 285 g/mol. The first-order chi connectivity index (χ1) is 10.2. The van der Waals surface area contributed by atoms with Crippen LogP contribution in [0.5, 0.6) is 0 Å². The quantitative estimate of drug-likeness (QED) is 0.813. The number of hydrogen-bond acceptors (Lipinski definition) is 4. The van der Waals surface area contributed by atoms with Gasteiger partial charge in [0, 0.05) is 12.1 Å². The van der Waals surface area contributed by atoms with Crippen LogP contribution in [0.2, 0.25) is 0 Å². The number of anilines is 1. The van der Waals surface area contributed by atoms with Crippen LogP contribution in [0.1, 0.15) is 22.5 Å². The van der Waals surface area contributed by atoms with Gasteiger partial charge >= 0.3 is 5.97 Å². The molecule has 1 fully saturated rings. The minimum Gasteiger partial charge on any atom is -0.464 e. The average molecular weight is 285 g/mol. The van der Waals surface area contributed by atoms with Crippen molar-refractivity contribution >= 4 is 17.6 Å². The summed E-state index contributed by atoms with van der Waals surface area (Å²) in [6, 6.07) is 10.1.